The summed E-state index contributed by atoms with van der Waals surface area (Å²) in [5, 5.41) is 3.35. The summed E-state index contributed by atoms with van der Waals surface area (Å²) in [7, 11) is 0. The van der Waals surface area contributed by atoms with Crippen LogP contribution in [0.25, 0.3) is 0 Å². The highest BCUT2D eigenvalue weighted by Crippen LogP contribution is 2.17. The van der Waals surface area contributed by atoms with E-state index in [1.807, 2.05) is 31.2 Å². The van der Waals surface area contributed by atoms with Crippen LogP contribution in [0.4, 0.5) is 0 Å². The summed E-state index contributed by atoms with van der Waals surface area (Å²) in [6, 6.07) is 9.97. The van der Waals surface area contributed by atoms with Crippen LogP contribution in [-0.4, -0.2) is 16.6 Å². The molecule has 0 saturated heterocycles. The lowest BCUT2D eigenvalue weighted by Crippen LogP contribution is -2.14. The number of para-hydroxylation sites is 1. The van der Waals surface area contributed by atoms with Gasteiger partial charge in [0, 0.05) is 24.8 Å². The van der Waals surface area contributed by atoms with Crippen molar-refractivity contribution in [3.05, 3.63) is 54.1 Å². The standard InChI is InChI=1S/C14H17N3O/c1-2-18-14-6-4-3-5-12(14)9-16-10-13-7-8-15-11-17-13/h3-8,11,16H,2,9-10H2,1H3. The predicted molar refractivity (Wildman–Crippen MR) is 70.2 cm³/mol. The predicted octanol–water partition coefficient (Wildman–Crippen LogP) is 2.17. The Hall–Kier alpha value is -1.94. The van der Waals surface area contributed by atoms with Crippen LogP contribution in [-0.2, 0) is 13.1 Å². The molecule has 0 fully saturated rings. The molecule has 1 heterocycles. The molecular weight excluding hydrogens is 226 g/mol. The summed E-state index contributed by atoms with van der Waals surface area (Å²) < 4.78 is 5.57. The van der Waals surface area contributed by atoms with Crippen LogP contribution >= 0.6 is 0 Å². The number of hydrogen-bond donors (Lipinski definition) is 1. The molecule has 0 aliphatic rings. The van der Waals surface area contributed by atoms with E-state index in [0.717, 1.165) is 30.1 Å². The molecule has 0 spiro atoms. The smallest absolute Gasteiger partial charge is 0.123 e. The van der Waals surface area contributed by atoms with Crippen molar-refractivity contribution in [1.82, 2.24) is 15.3 Å². The maximum Gasteiger partial charge on any atom is 0.123 e. The summed E-state index contributed by atoms with van der Waals surface area (Å²) in [5.74, 6) is 0.940. The number of benzene rings is 1. The maximum atomic E-state index is 5.57. The van der Waals surface area contributed by atoms with Crippen LogP contribution in [0.3, 0.4) is 0 Å². The van der Waals surface area contributed by atoms with Crippen molar-refractivity contribution in [2.45, 2.75) is 20.0 Å². The van der Waals surface area contributed by atoms with Crippen molar-refractivity contribution < 1.29 is 4.74 Å². The normalized spacial score (nSPS) is 10.3. The van der Waals surface area contributed by atoms with Crippen LogP contribution in [0.2, 0.25) is 0 Å². The Bertz CT molecular complexity index is 473. The number of ether oxygens (including phenoxy) is 1. The molecule has 1 aromatic heterocycles. The fourth-order valence-corrected chi connectivity index (χ4v) is 1.69. The van der Waals surface area contributed by atoms with Crippen LogP contribution < -0.4 is 10.1 Å². The molecule has 18 heavy (non-hydrogen) atoms. The highest BCUT2D eigenvalue weighted by Gasteiger charge is 2.01. The molecule has 1 N–H and O–H groups in total. The molecule has 0 atom stereocenters. The molecule has 0 saturated carbocycles. The Labute approximate surface area is 107 Å². The van der Waals surface area contributed by atoms with E-state index in [4.69, 9.17) is 4.74 Å². The molecular formula is C14H17N3O. The lowest BCUT2D eigenvalue weighted by atomic mass is 10.2. The number of nitrogens with one attached hydrogen (secondary N) is 1. The van der Waals surface area contributed by atoms with Crippen LogP contribution in [0.5, 0.6) is 5.75 Å². The van der Waals surface area contributed by atoms with Gasteiger partial charge in [0.1, 0.15) is 12.1 Å². The molecule has 0 aliphatic carbocycles. The molecule has 0 unspecified atom stereocenters. The molecule has 0 amide bonds. The van der Waals surface area contributed by atoms with Crippen molar-refractivity contribution in [2.24, 2.45) is 0 Å². The lowest BCUT2D eigenvalue weighted by Gasteiger charge is -2.10. The fraction of sp³-hybridized carbons (Fsp3) is 0.286. The van der Waals surface area contributed by atoms with Gasteiger partial charge in [0.2, 0.25) is 0 Å². The summed E-state index contributed by atoms with van der Waals surface area (Å²) in [5.41, 5.74) is 2.15. The van der Waals surface area contributed by atoms with E-state index in [9.17, 15) is 0 Å². The molecule has 1 aromatic carbocycles. The van der Waals surface area contributed by atoms with Crippen LogP contribution in [0.1, 0.15) is 18.2 Å². The molecule has 0 radical (unpaired) electrons. The van der Waals surface area contributed by atoms with Gasteiger partial charge in [-0.05, 0) is 19.1 Å². The molecule has 0 aliphatic heterocycles. The topological polar surface area (TPSA) is 47.0 Å². The van der Waals surface area contributed by atoms with Gasteiger partial charge in [0.25, 0.3) is 0 Å². The van der Waals surface area contributed by atoms with Crippen molar-refractivity contribution in [2.75, 3.05) is 6.61 Å². The number of nitrogens with zero attached hydrogens (tertiary/aromatic N) is 2. The largest absolute Gasteiger partial charge is 0.494 e. The molecule has 4 heteroatoms. The monoisotopic (exact) mass is 243 g/mol. The second-order valence-corrected chi connectivity index (χ2v) is 3.85. The fourth-order valence-electron chi connectivity index (χ4n) is 1.69. The van der Waals surface area contributed by atoms with E-state index in [1.165, 1.54) is 0 Å². The Morgan fingerprint density at radius 2 is 2.06 bits per heavy atom. The Morgan fingerprint density at radius 3 is 2.83 bits per heavy atom. The first-order chi connectivity index (χ1) is 8.90. The van der Waals surface area contributed by atoms with Gasteiger partial charge in [-0.15, -0.1) is 0 Å². The highest BCUT2D eigenvalue weighted by atomic mass is 16.5. The van der Waals surface area contributed by atoms with Gasteiger partial charge >= 0.3 is 0 Å². The van der Waals surface area contributed by atoms with Crippen LogP contribution in [0, 0.1) is 0 Å². The minimum Gasteiger partial charge on any atom is -0.494 e. The lowest BCUT2D eigenvalue weighted by molar-refractivity contribution is 0.335. The van der Waals surface area contributed by atoms with Gasteiger partial charge in [-0.25, -0.2) is 9.97 Å². The van der Waals surface area contributed by atoms with Crippen molar-refractivity contribution >= 4 is 0 Å². The zero-order valence-electron chi connectivity index (χ0n) is 10.5. The van der Waals surface area contributed by atoms with Crippen molar-refractivity contribution in [3.63, 3.8) is 0 Å². The summed E-state index contributed by atoms with van der Waals surface area (Å²) >= 11 is 0. The first-order valence-corrected chi connectivity index (χ1v) is 6.06. The summed E-state index contributed by atoms with van der Waals surface area (Å²) in [4.78, 5) is 8.06. The second-order valence-electron chi connectivity index (χ2n) is 3.85. The molecule has 0 bridgehead atoms. The van der Waals surface area contributed by atoms with E-state index in [0.29, 0.717) is 6.61 Å². The molecule has 94 valence electrons. The van der Waals surface area contributed by atoms with E-state index in [2.05, 4.69) is 21.4 Å². The third-order valence-electron chi connectivity index (χ3n) is 2.54. The zero-order valence-corrected chi connectivity index (χ0v) is 10.5. The zero-order chi connectivity index (χ0) is 12.6. The third kappa shape index (κ3) is 3.53. The van der Waals surface area contributed by atoms with Crippen LogP contribution in [0.15, 0.2) is 42.9 Å². The summed E-state index contributed by atoms with van der Waals surface area (Å²) in [6.07, 6.45) is 3.31. The van der Waals surface area contributed by atoms with Crippen molar-refractivity contribution in [3.8, 4) is 5.75 Å². The van der Waals surface area contributed by atoms with Gasteiger partial charge in [-0.2, -0.15) is 0 Å². The second kappa shape index (κ2) is 6.71. The minimum absolute atomic E-state index is 0.683. The van der Waals surface area contributed by atoms with Crippen molar-refractivity contribution in [1.29, 1.82) is 0 Å². The Balaban J connectivity index is 1.90. The van der Waals surface area contributed by atoms with Gasteiger partial charge in [-0.1, -0.05) is 18.2 Å². The quantitative estimate of drug-likeness (QED) is 0.844. The van der Waals surface area contributed by atoms with Gasteiger partial charge < -0.3 is 10.1 Å². The van der Waals surface area contributed by atoms with E-state index >= 15 is 0 Å². The van der Waals surface area contributed by atoms with Gasteiger partial charge in [0.05, 0.1) is 12.3 Å². The maximum absolute atomic E-state index is 5.57. The minimum atomic E-state index is 0.683. The number of hydrogen-bond acceptors (Lipinski definition) is 4. The van der Waals surface area contributed by atoms with Gasteiger partial charge in [0.15, 0.2) is 0 Å². The number of aromatic nitrogens is 2. The SMILES string of the molecule is CCOc1ccccc1CNCc1ccncn1. The highest BCUT2D eigenvalue weighted by molar-refractivity contribution is 5.33. The molecule has 2 aromatic rings. The molecule has 4 nitrogen and oxygen atoms in total. The van der Waals surface area contributed by atoms with E-state index < -0.39 is 0 Å². The van der Waals surface area contributed by atoms with Gasteiger partial charge in [-0.3, -0.25) is 0 Å². The average molecular weight is 243 g/mol. The summed E-state index contributed by atoms with van der Waals surface area (Å²) in [6.45, 7) is 4.16. The molecule has 2 rings (SSSR count). The Morgan fingerprint density at radius 1 is 1.17 bits per heavy atom. The Kier molecular flexibility index (Phi) is 4.67. The first-order valence-electron chi connectivity index (χ1n) is 6.06. The first kappa shape index (κ1) is 12.5. The van der Waals surface area contributed by atoms with E-state index in [1.54, 1.807) is 12.5 Å². The average Bonchev–Trinajstić information content (AvgIpc) is 2.42. The van der Waals surface area contributed by atoms with E-state index in [-0.39, 0.29) is 0 Å². The number of rotatable bonds is 6. The third-order valence-corrected chi connectivity index (χ3v) is 2.54.